The van der Waals surface area contributed by atoms with Gasteiger partial charge in [-0.2, -0.15) is 0 Å². The number of hydrogen-bond donors (Lipinski definition) is 1. The van der Waals surface area contributed by atoms with Crippen LogP contribution in [0.15, 0.2) is 11.6 Å². The van der Waals surface area contributed by atoms with Gasteiger partial charge in [-0.3, -0.25) is 4.79 Å². The van der Waals surface area contributed by atoms with E-state index in [1.54, 1.807) is 6.08 Å². The number of aliphatic hydroxyl groups is 1. The molecule has 0 saturated carbocycles. The lowest BCUT2D eigenvalue weighted by Crippen LogP contribution is -2.52. The lowest BCUT2D eigenvalue weighted by atomic mass is 9.89. The zero-order valence-corrected chi connectivity index (χ0v) is 7.03. The van der Waals surface area contributed by atoms with Crippen molar-refractivity contribution in [3.63, 3.8) is 0 Å². The van der Waals surface area contributed by atoms with Crippen LogP contribution in [-0.4, -0.2) is 41.9 Å². The molecular weight excluding hydrogens is 172 g/mol. The molecule has 0 aromatic heterocycles. The fourth-order valence-corrected chi connectivity index (χ4v) is 2.29. The van der Waals surface area contributed by atoms with Gasteiger partial charge in [0.05, 0.1) is 19.3 Å². The third kappa shape index (κ3) is 0.782. The molecule has 0 aromatic carbocycles. The highest BCUT2D eigenvalue weighted by Gasteiger charge is 2.57. The maximum absolute atomic E-state index is 11.3. The zero-order chi connectivity index (χ0) is 9.05. The SMILES string of the molecule is O=C1C[C@H](O)[C@@]23COCC2=C[C@@H]1O3. The molecular formula is C9H10O4. The predicted octanol–water partition coefficient (Wildman–Crippen LogP) is -0.586. The average Bonchev–Trinajstić information content (AvgIpc) is 2.54. The topological polar surface area (TPSA) is 55.8 Å². The van der Waals surface area contributed by atoms with Crippen molar-refractivity contribution in [2.24, 2.45) is 0 Å². The third-order valence-electron chi connectivity index (χ3n) is 3.06. The van der Waals surface area contributed by atoms with Crippen LogP contribution < -0.4 is 0 Å². The van der Waals surface area contributed by atoms with E-state index >= 15 is 0 Å². The van der Waals surface area contributed by atoms with Crippen LogP contribution in [0.4, 0.5) is 0 Å². The van der Waals surface area contributed by atoms with E-state index in [1.807, 2.05) is 0 Å². The Hall–Kier alpha value is -0.710. The van der Waals surface area contributed by atoms with E-state index in [9.17, 15) is 9.90 Å². The summed E-state index contributed by atoms with van der Waals surface area (Å²) in [5.41, 5.74) is 0.259. The first-order chi connectivity index (χ1) is 6.22. The summed E-state index contributed by atoms with van der Waals surface area (Å²) in [6, 6.07) is 0. The maximum Gasteiger partial charge on any atom is 0.168 e. The van der Waals surface area contributed by atoms with Crippen LogP contribution >= 0.6 is 0 Å². The summed E-state index contributed by atoms with van der Waals surface area (Å²) in [5.74, 6) is -0.0278. The number of carbonyl (C=O) groups is 1. The zero-order valence-electron chi connectivity index (χ0n) is 7.03. The van der Waals surface area contributed by atoms with Crippen LogP contribution in [0.3, 0.4) is 0 Å². The van der Waals surface area contributed by atoms with Crippen molar-refractivity contribution in [3.8, 4) is 0 Å². The van der Waals surface area contributed by atoms with Crippen molar-refractivity contribution < 1.29 is 19.4 Å². The van der Waals surface area contributed by atoms with E-state index in [2.05, 4.69) is 0 Å². The molecule has 3 rings (SSSR count). The van der Waals surface area contributed by atoms with Crippen molar-refractivity contribution in [3.05, 3.63) is 11.6 Å². The van der Waals surface area contributed by atoms with Crippen molar-refractivity contribution >= 4 is 5.78 Å². The second kappa shape index (κ2) is 2.20. The highest BCUT2D eigenvalue weighted by Crippen LogP contribution is 2.43. The minimum absolute atomic E-state index is 0.0278. The molecule has 3 aliphatic heterocycles. The van der Waals surface area contributed by atoms with Gasteiger partial charge in [0.1, 0.15) is 11.7 Å². The van der Waals surface area contributed by atoms with Gasteiger partial charge in [-0.05, 0) is 11.6 Å². The highest BCUT2D eigenvalue weighted by atomic mass is 16.6. The molecule has 0 unspecified atom stereocenters. The fourth-order valence-electron chi connectivity index (χ4n) is 2.29. The molecule has 0 amide bonds. The Labute approximate surface area is 75.1 Å². The normalized spacial score (nSPS) is 47.8. The standard InChI is InChI=1S/C9H10O4/c10-6-2-8(11)9-4-12-3-5(9)1-7(6)13-9/h1,7-8,11H,2-4H2/t7-,8-,9+/m0/s1. The molecule has 0 aliphatic carbocycles. The molecule has 13 heavy (non-hydrogen) atoms. The smallest absolute Gasteiger partial charge is 0.168 e. The summed E-state index contributed by atoms with van der Waals surface area (Å²) in [7, 11) is 0. The molecule has 4 nitrogen and oxygen atoms in total. The molecule has 0 aromatic rings. The van der Waals surface area contributed by atoms with Crippen LogP contribution in [0.5, 0.6) is 0 Å². The number of carbonyl (C=O) groups excluding carboxylic acids is 1. The highest BCUT2D eigenvalue weighted by molar-refractivity contribution is 5.88. The van der Waals surface area contributed by atoms with Crippen molar-refractivity contribution in [2.75, 3.05) is 13.2 Å². The average molecular weight is 182 g/mol. The van der Waals surface area contributed by atoms with Crippen LogP contribution in [0.1, 0.15) is 6.42 Å². The van der Waals surface area contributed by atoms with Gasteiger partial charge in [-0.25, -0.2) is 0 Å². The minimum Gasteiger partial charge on any atom is -0.389 e. The quantitative estimate of drug-likeness (QED) is 0.509. The van der Waals surface area contributed by atoms with Crippen LogP contribution in [0, 0.1) is 0 Å². The first-order valence-corrected chi connectivity index (χ1v) is 4.40. The van der Waals surface area contributed by atoms with Gasteiger partial charge in [-0.15, -0.1) is 0 Å². The van der Waals surface area contributed by atoms with E-state index in [0.717, 1.165) is 5.57 Å². The van der Waals surface area contributed by atoms with Gasteiger partial charge in [-0.1, -0.05) is 0 Å². The van der Waals surface area contributed by atoms with Gasteiger partial charge in [0.2, 0.25) is 0 Å². The van der Waals surface area contributed by atoms with Crippen molar-refractivity contribution in [2.45, 2.75) is 24.2 Å². The van der Waals surface area contributed by atoms with E-state index in [-0.39, 0.29) is 12.2 Å². The lowest BCUT2D eigenvalue weighted by molar-refractivity contribution is -0.167. The van der Waals surface area contributed by atoms with E-state index < -0.39 is 17.8 Å². The number of fused-ring (bicyclic) bond motifs is 1. The molecule has 1 spiro atoms. The fraction of sp³-hybridized carbons (Fsp3) is 0.667. The molecule has 3 aliphatic rings. The number of hydrogen-bond acceptors (Lipinski definition) is 4. The number of ketones is 1. The number of rotatable bonds is 0. The Morgan fingerprint density at radius 3 is 3.31 bits per heavy atom. The number of ether oxygens (including phenoxy) is 2. The summed E-state index contributed by atoms with van der Waals surface area (Å²) in [5, 5.41) is 9.76. The van der Waals surface area contributed by atoms with Crippen LogP contribution in [-0.2, 0) is 14.3 Å². The van der Waals surface area contributed by atoms with Gasteiger partial charge >= 0.3 is 0 Å². The monoisotopic (exact) mass is 182 g/mol. The summed E-state index contributed by atoms with van der Waals surface area (Å²) in [6.45, 7) is 0.866. The Kier molecular flexibility index (Phi) is 1.30. The third-order valence-corrected chi connectivity index (χ3v) is 3.06. The van der Waals surface area contributed by atoms with Crippen LogP contribution in [0.2, 0.25) is 0 Å². The molecule has 1 N–H and O–H groups in total. The lowest BCUT2D eigenvalue weighted by Gasteiger charge is -2.35. The summed E-state index contributed by atoms with van der Waals surface area (Å²) < 4.78 is 10.7. The second-order valence-corrected chi connectivity index (χ2v) is 3.80. The molecule has 2 fully saturated rings. The number of Topliss-reactive ketones (excluding diaryl/α,β-unsaturated/α-hetero) is 1. The van der Waals surface area contributed by atoms with E-state index in [1.165, 1.54) is 0 Å². The van der Waals surface area contributed by atoms with Crippen molar-refractivity contribution in [1.82, 2.24) is 0 Å². The Balaban J connectivity index is 2.08. The molecule has 0 radical (unpaired) electrons. The minimum atomic E-state index is -0.729. The van der Waals surface area contributed by atoms with Gasteiger partial charge in [0.25, 0.3) is 0 Å². The van der Waals surface area contributed by atoms with Gasteiger partial charge in [0.15, 0.2) is 5.78 Å². The first kappa shape index (κ1) is 7.67. The van der Waals surface area contributed by atoms with E-state index in [0.29, 0.717) is 13.2 Å². The Morgan fingerprint density at radius 1 is 1.62 bits per heavy atom. The van der Waals surface area contributed by atoms with Crippen LogP contribution in [0.25, 0.3) is 0 Å². The second-order valence-electron chi connectivity index (χ2n) is 3.80. The Bertz CT molecular complexity index is 309. The largest absolute Gasteiger partial charge is 0.389 e. The van der Waals surface area contributed by atoms with E-state index in [4.69, 9.17) is 9.47 Å². The summed E-state index contributed by atoms with van der Waals surface area (Å²) in [6.07, 6.45) is 0.828. The molecule has 70 valence electrons. The summed E-state index contributed by atoms with van der Waals surface area (Å²) in [4.78, 5) is 11.3. The van der Waals surface area contributed by atoms with Gasteiger partial charge < -0.3 is 14.6 Å². The maximum atomic E-state index is 11.3. The molecule has 3 atom stereocenters. The van der Waals surface area contributed by atoms with Crippen molar-refractivity contribution in [1.29, 1.82) is 0 Å². The molecule has 2 saturated heterocycles. The Morgan fingerprint density at radius 2 is 2.46 bits per heavy atom. The first-order valence-electron chi connectivity index (χ1n) is 4.40. The molecule has 3 heterocycles. The van der Waals surface area contributed by atoms with Gasteiger partial charge in [0, 0.05) is 6.42 Å². The predicted molar refractivity (Wildman–Crippen MR) is 42.1 cm³/mol. The number of aliphatic hydroxyl groups excluding tert-OH is 1. The molecule has 2 bridgehead atoms. The summed E-state index contributed by atoms with van der Waals surface area (Å²) >= 11 is 0. The molecule has 4 heteroatoms.